The molecule has 0 saturated carbocycles. The summed E-state index contributed by atoms with van der Waals surface area (Å²) in [4.78, 5) is 14.1. The molecule has 124 valence electrons. The lowest BCUT2D eigenvalue weighted by Crippen LogP contribution is -2.21. The van der Waals surface area contributed by atoms with E-state index in [2.05, 4.69) is 12.2 Å². The van der Waals surface area contributed by atoms with E-state index < -0.39 is 10.0 Å². The fourth-order valence-electron chi connectivity index (χ4n) is 2.22. The third-order valence-corrected chi connectivity index (χ3v) is 5.49. The first-order valence-corrected chi connectivity index (χ1v) is 9.66. The van der Waals surface area contributed by atoms with Crippen molar-refractivity contribution >= 4 is 27.3 Å². The van der Waals surface area contributed by atoms with Crippen LogP contribution in [0.1, 0.15) is 39.0 Å². The minimum absolute atomic E-state index is 0.0608. The van der Waals surface area contributed by atoms with E-state index in [-0.39, 0.29) is 10.8 Å². The number of amides is 1. The number of nitrogens with two attached hydrogens (primary N) is 1. The Hall–Kier alpha value is -1.70. The van der Waals surface area contributed by atoms with Gasteiger partial charge in [-0.25, -0.2) is 13.6 Å². The van der Waals surface area contributed by atoms with Gasteiger partial charge in [0.2, 0.25) is 10.0 Å². The molecule has 0 unspecified atom stereocenters. The number of aryl methyl sites for hydroxylation is 2. The van der Waals surface area contributed by atoms with Crippen molar-refractivity contribution in [2.24, 2.45) is 5.14 Å². The highest BCUT2D eigenvalue weighted by atomic mass is 32.2. The molecule has 0 saturated heterocycles. The van der Waals surface area contributed by atoms with Gasteiger partial charge >= 0.3 is 0 Å². The topological polar surface area (TPSA) is 89.3 Å². The number of carbonyl (C=O) groups is 1. The molecule has 0 spiro atoms. The highest BCUT2D eigenvalue weighted by Gasteiger charge is 2.12. The monoisotopic (exact) mass is 352 g/mol. The minimum atomic E-state index is -3.69. The number of primary sulfonamides is 1. The van der Waals surface area contributed by atoms with Gasteiger partial charge in [-0.05, 0) is 42.7 Å². The van der Waals surface area contributed by atoms with Gasteiger partial charge in [-0.1, -0.05) is 25.5 Å². The van der Waals surface area contributed by atoms with E-state index in [4.69, 9.17) is 5.14 Å². The first kappa shape index (κ1) is 17.7. The minimum Gasteiger partial charge on any atom is -0.347 e. The van der Waals surface area contributed by atoms with Gasteiger partial charge in [-0.3, -0.25) is 4.79 Å². The van der Waals surface area contributed by atoms with Crippen LogP contribution in [0.5, 0.6) is 0 Å². The van der Waals surface area contributed by atoms with Gasteiger partial charge in [-0.15, -0.1) is 11.3 Å². The second-order valence-electron chi connectivity index (χ2n) is 5.31. The fourth-order valence-corrected chi connectivity index (χ4v) is 3.72. The molecule has 0 aliphatic heterocycles. The summed E-state index contributed by atoms with van der Waals surface area (Å²) in [5.41, 5.74) is 2.04. The van der Waals surface area contributed by atoms with Crippen LogP contribution in [0.25, 0.3) is 0 Å². The Bertz CT molecular complexity index is 793. The molecule has 7 heteroatoms. The maximum atomic E-state index is 12.2. The van der Waals surface area contributed by atoms with E-state index in [0.717, 1.165) is 18.4 Å². The van der Waals surface area contributed by atoms with Crippen molar-refractivity contribution in [2.45, 2.75) is 38.1 Å². The van der Waals surface area contributed by atoms with Crippen LogP contribution in [-0.2, 0) is 23.0 Å². The van der Waals surface area contributed by atoms with Crippen LogP contribution in [0.2, 0.25) is 0 Å². The average Bonchev–Trinajstić information content (AvgIpc) is 2.86. The van der Waals surface area contributed by atoms with Crippen LogP contribution in [0.4, 0.5) is 0 Å². The van der Waals surface area contributed by atoms with E-state index in [1.165, 1.54) is 33.9 Å². The number of sulfonamides is 1. The van der Waals surface area contributed by atoms with Crippen LogP contribution in [0.3, 0.4) is 0 Å². The summed E-state index contributed by atoms with van der Waals surface area (Å²) in [5, 5.41) is 7.90. The molecule has 0 atom stereocenters. The van der Waals surface area contributed by atoms with Crippen LogP contribution in [-0.4, -0.2) is 14.3 Å². The molecule has 0 bridgehead atoms. The maximum absolute atomic E-state index is 12.2. The maximum Gasteiger partial charge on any atom is 0.261 e. The number of hydrogen-bond donors (Lipinski definition) is 2. The van der Waals surface area contributed by atoms with Gasteiger partial charge in [-0.2, -0.15) is 0 Å². The Labute approximate surface area is 140 Å². The molecule has 0 fully saturated rings. The molecule has 2 aromatic rings. The van der Waals surface area contributed by atoms with E-state index in [1.54, 1.807) is 12.1 Å². The zero-order valence-corrected chi connectivity index (χ0v) is 14.8. The van der Waals surface area contributed by atoms with E-state index in [1.807, 2.05) is 13.0 Å². The molecule has 0 aliphatic rings. The van der Waals surface area contributed by atoms with Gasteiger partial charge in [0.25, 0.3) is 5.91 Å². The fraction of sp³-hybridized carbons (Fsp3) is 0.312. The van der Waals surface area contributed by atoms with Crippen molar-refractivity contribution in [3.8, 4) is 0 Å². The molecule has 1 amide bonds. The highest BCUT2D eigenvalue weighted by Crippen LogP contribution is 2.22. The molecule has 0 radical (unpaired) electrons. The number of hydrogen-bond acceptors (Lipinski definition) is 4. The SMILES string of the molecule is CCCc1cc(C(=O)NCc2ccc(S(N)(=O)=O)cc2)sc1C. The Morgan fingerprint density at radius 1 is 1.26 bits per heavy atom. The van der Waals surface area contributed by atoms with Crippen molar-refractivity contribution < 1.29 is 13.2 Å². The van der Waals surface area contributed by atoms with Crippen molar-refractivity contribution in [1.82, 2.24) is 5.32 Å². The van der Waals surface area contributed by atoms with Crippen molar-refractivity contribution in [2.75, 3.05) is 0 Å². The molecule has 1 aromatic carbocycles. The third kappa shape index (κ3) is 4.63. The lowest BCUT2D eigenvalue weighted by molar-refractivity contribution is 0.0955. The summed E-state index contributed by atoms with van der Waals surface area (Å²) < 4.78 is 22.4. The summed E-state index contributed by atoms with van der Waals surface area (Å²) in [6.45, 7) is 4.48. The Kier molecular flexibility index (Phi) is 5.56. The zero-order valence-electron chi connectivity index (χ0n) is 13.1. The van der Waals surface area contributed by atoms with E-state index >= 15 is 0 Å². The zero-order chi connectivity index (χ0) is 17.0. The third-order valence-electron chi connectivity index (χ3n) is 3.47. The predicted octanol–water partition coefficient (Wildman–Crippen LogP) is 2.59. The summed E-state index contributed by atoms with van der Waals surface area (Å²) in [5.74, 6) is -0.115. The number of benzene rings is 1. The largest absolute Gasteiger partial charge is 0.347 e. The van der Waals surface area contributed by atoms with Crippen LogP contribution >= 0.6 is 11.3 Å². The number of thiophene rings is 1. The van der Waals surface area contributed by atoms with Crippen molar-refractivity contribution in [3.05, 3.63) is 51.2 Å². The van der Waals surface area contributed by atoms with E-state index in [9.17, 15) is 13.2 Å². The summed E-state index contributed by atoms with van der Waals surface area (Å²) >= 11 is 1.50. The van der Waals surface area contributed by atoms with Gasteiger partial charge in [0.15, 0.2) is 0 Å². The highest BCUT2D eigenvalue weighted by molar-refractivity contribution is 7.89. The number of rotatable bonds is 6. The quantitative estimate of drug-likeness (QED) is 0.837. The van der Waals surface area contributed by atoms with Gasteiger partial charge < -0.3 is 5.32 Å². The molecular formula is C16H20N2O3S2. The lowest BCUT2D eigenvalue weighted by atomic mass is 10.1. The molecule has 2 rings (SSSR count). The first-order chi connectivity index (χ1) is 10.8. The molecule has 1 heterocycles. The second kappa shape index (κ2) is 7.25. The summed E-state index contributed by atoms with van der Waals surface area (Å²) in [6.07, 6.45) is 2.03. The predicted molar refractivity (Wildman–Crippen MR) is 92.0 cm³/mol. The average molecular weight is 352 g/mol. The van der Waals surface area contributed by atoms with E-state index in [0.29, 0.717) is 11.4 Å². The molecule has 1 aromatic heterocycles. The van der Waals surface area contributed by atoms with Gasteiger partial charge in [0.05, 0.1) is 9.77 Å². The summed E-state index contributed by atoms with van der Waals surface area (Å²) in [7, 11) is -3.69. The van der Waals surface area contributed by atoms with Gasteiger partial charge in [0.1, 0.15) is 0 Å². The Morgan fingerprint density at radius 2 is 1.91 bits per heavy atom. The Morgan fingerprint density at radius 3 is 2.48 bits per heavy atom. The lowest BCUT2D eigenvalue weighted by Gasteiger charge is -2.05. The second-order valence-corrected chi connectivity index (χ2v) is 8.13. The number of carbonyl (C=O) groups excluding carboxylic acids is 1. The molecule has 23 heavy (non-hydrogen) atoms. The standard InChI is InChI=1S/C16H20N2O3S2/c1-3-4-13-9-15(22-11(13)2)16(19)18-10-12-5-7-14(8-6-12)23(17,20)21/h5-9H,3-4,10H2,1-2H3,(H,18,19)(H2,17,20,21). The molecular weight excluding hydrogens is 332 g/mol. The van der Waals surface area contributed by atoms with Crippen molar-refractivity contribution in [1.29, 1.82) is 0 Å². The molecule has 3 N–H and O–H groups in total. The normalized spacial score (nSPS) is 11.4. The Balaban J connectivity index is 2.00. The van der Waals surface area contributed by atoms with Crippen LogP contribution < -0.4 is 10.5 Å². The van der Waals surface area contributed by atoms with Gasteiger partial charge in [0, 0.05) is 11.4 Å². The van der Waals surface area contributed by atoms with Crippen LogP contribution in [0.15, 0.2) is 35.2 Å². The molecule has 0 aliphatic carbocycles. The van der Waals surface area contributed by atoms with Crippen molar-refractivity contribution in [3.63, 3.8) is 0 Å². The number of nitrogens with one attached hydrogen (secondary N) is 1. The molecule has 5 nitrogen and oxygen atoms in total. The first-order valence-electron chi connectivity index (χ1n) is 7.30. The summed E-state index contributed by atoms with van der Waals surface area (Å²) in [6, 6.07) is 8.10. The smallest absolute Gasteiger partial charge is 0.261 e. The van der Waals surface area contributed by atoms with Crippen LogP contribution in [0, 0.1) is 6.92 Å².